The van der Waals surface area contributed by atoms with Crippen LogP contribution in [-0.4, -0.2) is 29.7 Å². The van der Waals surface area contributed by atoms with E-state index < -0.39 is 5.91 Å². The summed E-state index contributed by atoms with van der Waals surface area (Å²) in [5.41, 5.74) is 7.69. The van der Waals surface area contributed by atoms with Crippen molar-refractivity contribution < 1.29 is 19.0 Å². The van der Waals surface area contributed by atoms with Gasteiger partial charge in [0.05, 0.1) is 25.3 Å². The Bertz CT molecular complexity index is 1270. The number of aromatic nitrogens is 2. The second-order valence-corrected chi connectivity index (χ2v) is 8.29. The van der Waals surface area contributed by atoms with Crippen LogP contribution in [0, 0.1) is 0 Å². The molecule has 10 heteroatoms. The van der Waals surface area contributed by atoms with Crippen molar-refractivity contribution in [3.05, 3.63) is 63.2 Å². The monoisotopic (exact) mass is 477 g/mol. The van der Waals surface area contributed by atoms with E-state index in [0.29, 0.717) is 43.4 Å². The van der Waals surface area contributed by atoms with E-state index >= 15 is 0 Å². The van der Waals surface area contributed by atoms with Crippen molar-refractivity contribution in [1.29, 1.82) is 0 Å². The zero-order chi connectivity index (χ0) is 22.1. The lowest BCUT2D eigenvalue weighted by molar-refractivity contribution is 0.1000. The van der Waals surface area contributed by atoms with Crippen molar-refractivity contribution in [2.24, 2.45) is 5.73 Å². The molecule has 31 heavy (non-hydrogen) atoms. The van der Waals surface area contributed by atoms with Crippen LogP contribution in [0.3, 0.4) is 0 Å². The van der Waals surface area contributed by atoms with Crippen molar-refractivity contribution in [2.45, 2.75) is 6.61 Å². The number of hydrogen-bond acceptors (Lipinski definition) is 6. The van der Waals surface area contributed by atoms with Gasteiger partial charge in [0.1, 0.15) is 28.6 Å². The number of halogens is 2. The Labute approximate surface area is 191 Å². The molecule has 7 nitrogen and oxygen atoms in total. The Morgan fingerprint density at radius 1 is 1.10 bits per heavy atom. The van der Waals surface area contributed by atoms with Crippen LogP contribution in [0.5, 0.6) is 17.2 Å². The average molecular weight is 478 g/mol. The van der Waals surface area contributed by atoms with Crippen molar-refractivity contribution >= 4 is 51.5 Å². The lowest BCUT2D eigenvalue weighted by Gasteiger charge is -2.09. The molecule has 160 valence electrons. The molecular weight excluding hydrogens is 461 g/mol. The fourth-order valence-corrected chi connectivity index (χ4v) is 4.54. The number of imidazole rings is 1. The molecule has 0 spiro atoms. The summed E-state index contributed by atoms with van der Waals surface area (Å²) in [6.07, 6.45) is 1.65. The largest absolute Gasteiger partial charge is 0.493 e. The molecule has 0 fully saturated rings. The molecule has 4 aromatic rings. The molecule has 1 amide bonds. The van der Waals surface area contributed by atoms with Crippen molar-refractivity contribution in [3.63, 3.8) is 0 Å². The summed E-state index contributed by atoms with van der Waals surface area (Å²) < 4.78 is 18.4. The van der Waals surface area contributed by atoms with E-state index in [0.717, 1.165) is 5.52 Å². The molecule has 2 N–H and O–H groups in total. The number of nitrogens with zero attached hydrogens (tertiary/aromatic N) is 2. The highest BCUT2D eigenvalue weighted by molar-refractivity contribution is 7.16. The Balaban J connectivity index is 1.73. The first-order chi connectivity index (χ1) is 14.9. The maximum atomic E-state index is 12.0. The number of primary amides is 1. The van der Waals surface area contributed by atoms with E-state index in [1.165, 1.54) is 11.3 Å². The number of benzene rings is 2. The van der Waals surface area contributed by atoms with Crippen LogP contribution in [0.4, 0.5) is 0 Å². The van der Waals surface area contributed by atoms with Gasteiger partial charge in [0.2, 0.25) is 0 Å². The lowest BCUT2D eigenvalue weighted by Crippen LogP contribution is -2.10. The predicted molar refractivity (Wildman–Crippen MR) is 121 cm³/mol. The molecule has 0 aliphatic rings. The molecule has 2 aromatic heterocycles. The number of carbonyl (C=O) groups is 1. The molecule has 2 heterocycles. The molecule has 0 bridgehead atoms. The summed E-state index contributed by atoms with van der Waals surface area (Å²) in [5.74, 6) is 0.879. The molecule has 0 atom stereocenters. The van der Waals surface area contributed by atoms with Crippen LogP contribution in [0.15, 0.2) is 42.7 Å². The number of hydrogen-bond donors (Lipinski definition) is 1. The minimum absolute atomic E-state index is 0.0880. The molecule has 0 radical (unpaired) electrons. The highest BCUT2D eigenvalue weighted by Gasteiger charge is 2.19. The first-order valence-corrected chi connectivity index (χ1v) is 10.6. The van der Waals surface area contributed by atoms with Crippen LogP contribution >= 0.6 is 34.5 Å². The van der Waals surface area contributed by atoms with Gasteiger partial charge in [-0.05, 0) is 12.1 Å². The smallest absolute Gasteiger partial charge is 0.262 e. The summed E-state index contributed by atoms with van der Waals surface area (Å²) in [6.45, 7) is 0.0880. The summed E-state index contributed by atoms with van der Waals surface area (Å²) >= 11 is 13.6. The van der Waals surface area contributed by atoms with Crippen LogP contribution in [0.2, 0.25) is 10.0 Å². The van der Waals surface area contributed by atoms with Gasteiger partial charge >= 0.3 is 0 Å². The molecule has 0 unspecified atom stereocenters. The number of ether oxygens (including phenoxy) is 3. The number of nitrogens with two attached hydrogens (primary N) is 1. The number of methoxy groups -OCH3 is 2. The van der Waals surface area contributed by atoms with Crippen LogP contribution in [0.25, 0.3) is 16.0 Å². The Kier molecular flexibility index (Phi) is 5.95. The van der Waals surface area contributed by atoms with Crippen molar-refractivity contribution in [2.75, 3.05) is 14.2 Å². The molecule has 0 aliphatic carbocycles. The van der Waals surface area contributed by atoms with Gasteiger partial charge in [0.15, 0.2) is 11.5 Å². The zero-order valence-corrected chi connectivity index (χ0v) is 18.8. The SMILES string of the molecule is COc1cc2ncn(-c3cc(OCc4c(Cl)cccc4Cl)c(C(N)=O)s3)c2cc1OC. The first kappa shape index (κ1) is 21.3. The first-order valence-electron chi connectivity index (χ1n) is 9.01. The fourth-order valence-electron chi connectivity index (χ4n) is 3.09. The van der Waals surface area contributed by atoms with E-state index in [4.69, 9.17) is 43.1 Å². The van der Waals surface area contributed by atoms with E-state index in [-0.39, 0.29) is 11.5 Å². The Morgan fingerprint density at radius 3 is 2.42 bits per heavy atom. The van der Waals surface area contributed by atoms with Gasteiger partial charge in [-0.1, -0.05) is 29.3 Å². The quantitative estimate of drug-likeness (QED) is 0.400. The van der Waals surface area contributed by atoms with E-state index in [2.05, 4.69) is 4.98 Å². The second-order valence-electron chi connectivity index (χ2n) is 6.44. The number of thiophene rings is 1. The van der Waals surface area contributed by atoms with Gasteiger partial charge in [0.25, 0.3) is 5.91 Å². The topological polar surface area (TPSA) is 88.6 Å². The highest BCUT2D eigenvalue weighted by atomic mass is 35.5. The van der Waals surface area contributed by atoms with E-state index in [1.807, 2.05) is 10.6 Å². The highest BCUT2D eigenvalue weighted by Crippen LogP contribution is 2.37. The molecule has 0 saturated carbocycles. The predicted octanol–water partition coefficient (Wildman–Crippen LogP) is 5.09. The second kappa shape index (κ2) is 8.66. The number of amides is 1. The maximum Gasteiger partial charge on any atom is 0.262 e. The summed E-state index contributed by atoms with van der Waals surface area (Å²) in [6, 6.07) is 10.5. The maximum absolute atomic E-state index is 12.0. The van der Waals surface area contributed by atoms with E-state index in [1.54, 1.807) is 50.9 Å². The molecule has 4 rings (SSSR count). The average Bonchev–Trinajstić information content (AvgIpc) is 3.36. The van der Waals surface area contributed by atoms with Gasteiger partial charge < -0.3 is 19.9 Å². The van der Waals surface area contributed by atoms with Gasteiger partial charge in [-0.25, -0.2) is 4.98 Å². The van der Waals surface area contributed by atoms with Gasteiger partial charge in [0, 0.05) is 33.8 Å². The minimum atomic E-state index is -0.597. The van der Waals surface area contributed by atoms with Gasteiger partial charge in [-0.3, -0.25) is 9.36 Å². The summed E-state index contributed by atoms with van der Waals surface area (Å²) in [5, 5.41) is 1.65. The zero-order valence-electron chi connectivity index (χ0n) is 16.5. The molecule has 0 aliphatic heterocycles. The number of fused-ring (bicyclic) bond motifs is 1. The summed E-state index contributed by atoms with van der Waals surface area (Å²) in [4.78, 5) is 16.7. The van der Waals surface area contributed by atoms with Crippen molar-refractivity contribution in [1.82, 2.24) is 9.55 Å². The third-order valence-corrected chi connectivity index (χ3v) is 6.47. The van der Waals surface area contributed by atoms with Crippen molar-refractivity contribution in [3.8, 4) is 22.2 Å². The molecular formula is C21H17Cl2N3O4S. The Hall–Kier alpha value is -2.94. The third-order valence-electron chi connectivity index (χ3n) is 4.63. The van der Waals surface area contributed by atoms with Crippen LogP contribution in [-0.2, 0) is 6.61 Å². The standard InChI is InChI=1S/C21H17Cl2N3O4S/c1-28-16-6-14-15(7-17(16)29-2)26(10-25-14)19-8-18(20(31-19)21(24)27)30-9-11-12(22)4-3-5-13(11)23/h3-8,10H,9H2,1-2H3,(H2,24,27). The lowest BCUT2D eigenvalue weighted by atomic mass is 10.2. The third kappa shape index (κ3) is 4.01. The fraction of sp³-hybridized carbons (Fsp3) is 0.143. The Morgan fingerprint density at radius 2 is 1.77 bits per heavy atom. The molecule has 2 aromatic carbocycles. The van der Waals surface area contributed by atoms with E-state index in [9.17, 15) is 4.79 Å². The normalized spacial score (nSPS) is 11.0. The number of carbonyl (C=O) groups excluding carboxylic acids is 1. The number of rotatable bonds is 7. The molecule has 0 saturated heterocycles. The minimum Gasteiger partial charge on any atom is -0.493 e. The summed E-state index contributed by atoms with van der Waals surface area (Å²) in [7, 11) is 3.13. The van der Waals surface area contributed by atoms with Crippen LogP contribution in [0.1, 0.15) is 15.2 Å². The van der Waals surface area contributed by atoms with Gasteiger partial charge in [-0.15, -0.1) is 11.3 Å². The van der Waals surface area contributed by atoms with Gasteiger partial charge in [-0.2, -0.15) is 0 Å². The van der Waals surface area contributed by atoms with Crippen LogP contribution < -0.4 is 19.9 Å².